The number of aliphatic hydroxyl groups is 1. The third-order valence-electron chi connectivity index (χ3n) is 7.03. The summed E-state index contributed by atoms with van der Waals surface area (Å²) in [7, 11) is 0. The molecule has 0 bridgehead atoms. The number of hydrogen-bond acceptors (Lipinski definition) is 9. The van der Waals surface area contributed by atoms with Gasteiger partial charge in [0.15, 0.2) is 5.13 Å². The number of hydrogen-bond donors (Lipinski definition) is 3. The van der Waals surface area contributed by atoms with Crippen molar-refractivity contribution in [3.8, 4) is 17.2 Å². The first-order valence-electron chi connectivity index (χ1n) is 13.0. The van der Waals surface area contributed by atoms with Gasteiger partial charge in [-0.1, -0.05) is 17.4 Å². The van der Waals surface area contributed by atoms with Gasteiger partial charge in [-0.2, -0.15) is 5.26 Å². The van der Waals surface area contributed by atoms with E-state index < -0.39 is 0 Å². The highest BCUT2D eigenvalue weighted by atomic mass is 32.1. The highest BCUT2D eigenvalue weighted by Crippen LogP contribution is 2.32. The maximum absolute atomic E-state index is 9.90. The largest absolute Gasteiger partial charge is 0.393 e. The molecule has 3 N–H and O–H groups in total. The predicted octanol–water partition coefficient (Wildman–Crippen LogP) is 5.64. The van der Waals surface area contributed by atoms with Crippen LogP contribution in [-0.2, 0) is 6.54 Å². The van der Waals surface area contributed by atoms with Gasteiger partial charge in [-0.15, -0.1) is 0 Å². The molecule has 1 aromatic carbocycles. The predicted molar refractivity (Wildman–Crippen MR) is 153 cm³/mol. The van der Waals surface area contributed by atoms with E-state index in [1.165, 1.54) is 0 Å². The number of aryl methyl sites for hydroxylation is 1. The Kier molecular flexibility index (Phi) is 6.92. The fourth-order valence-corrected chi connectivity index (χ4v) is 5.85. The van der Waals surface area contributed by atoms with E-state index in [1.807, 2.05) is 43.6 Å². The molecule has 4 heterocycles. The number of pyridine rings is 2. The summed E-state index contributed by atoms with van der Waals surface area (Å²) in [6.07, 6.45) is 10.4. The van der Waals surface area contributed by atoms with Gasteiger partial charge < -0.3 is 20.3 Å². The lowest BCUT2D eigenvalue weighted by Crippen LogP contribution is -2.28. The highest BCUT2D eigenvalue weighted by Gasteiger charge is 2.20. The molecule has 0 saturated heterocycles. The van der Waals surface area contributed by atoms with Gasteiger partial charge in [0.1, 0.15) is 23.5 Å². The molecule has 1 fully saturated rings. The second-order valence-electron chi connectivity index (χ2n) is 9.90. The van der Waals surface area contributed by atoms with E-state index in [2.05, 4.69) is 43.4 Å². The molecule has 10 heteroatoms. The van der Waals surface area contributed by atoms with E-state index >= 15 is 0 Å². The summed E-state index contributed by atoms with van der Waals surface area (Å²) < 4.78 is 3.14. The van der Waals surface area contributed by atoms with Crippen LogP contribution in [0.25, 0.3) is 21.3 Å². The van der Waals surface area contributed by atoms with Crippen molar-refractivity contribution in [1.29, 1.82) is 5.26 Å². The lowest BCUT2D eigenvalue weighted by Gasteiger charge is -2.27. The van der Waals surface area contributed by atoms with E-state index in [-0.39, 0.29) is 12.1 Å². The Morgan fingerprint density at radius 1 is 1.05 bits per heavy atom. The van der Waals surface area contributed by atoms with Crippen LogP contribution >= 0.6 is 11.3 Å². The Labute approximate surface area is 230 Å². The molecule has 0 unspecified atom stereocenters. The minimum atomic E-state index is -0.199. The van der Waals surface area contributed by atoms with Crippen LogP contribution in [0, 0.1) is 18.3 Å². The smallest absolute Gasteiger partial charge is 0.189 e. The van der Waals surface area contributed by atoms with Crippen LogP contribution in [0.2, 0.25) is 0 Å². The van der Waals surface area contributed by atoms with Crippen molar-refractivity contribution in [2.45, 2.75) is 51.3 Å². The molecule has 9 nitrogen and oxygen atoms in total. The number of benzene rings is 1. The molecule has 1 aliphatic rings. The van der Waals surface area contributed by atoms with Gasteiger partial charge in [0, 0.05) is 42.9 Å². The van der Waals surface area contributed by atoms with Crippen LogP contribution in [0.3, 0.4) is 0 Å². The highest BCUT2D eigenvalue weighted by molar-refractivity contribution is 7.22. The van der Waals surface area contributed by atoms with Crippen molar-refractivity contribution in [1.82, 2.24) is 24.5 Å². The van der Waals surface area contributed by atoms with E-state index in [0.29, 0.717) is 17.9 Å². The van der Waals surface area contributed by atoms with Gasteiger partial charge in [0.2, 0.25) is 0 Å². The number of rotatable bonds is 7. The van der Waals surface area contributed by atoms with Crippen LogP contribution in [0.1, 0.15) is 42.6 Å². The van der Waals surface area contributed by atoms with Crippen LogP contribution in [-0.4, -0.2) is 41.8 Å². The van der Waals surface area contributed by atoms with Gasteiger partial charge in [0.05, 0.1) is 21.9 Å². The van der Waals surface area contributed by atoms with Crippen molar-refractivity contribution in [3.63, 3.8) is 0 Å². The van der Waals surface area contributed by atoms with E-state index in [0.717, 1.165) is 69.4 Å². The zero-order valence-electron chi connectivity index (χ0n) is 21.5. The van der Waals surface area contributed by atoms with Gasteiger partial charge in [-0.05, 0) is 74.1 Å². The van der Waals surface area contributed by atoms with Crippen molar-refractivity contribution >= 4 is 38.3 Å². The average Bonchev–Trinajstić information content (AvgIpc) is 3.54. The summed E-state index contributed by atoms with van der Waals surface area (Å²) in [4.78, 5) is 18.2. The first kappa shape index (κ1) is 25.0. The molecule has 0 radical (unpaired) electrons. The Morgan fingerprint density at radius 3 is 2.69 bits per heavy atom. The van der Waals surface area contributed by atoms with Crippen LogP contribution in [0.4, 0.5) is 16.8 Å². The monoisotopic (exact) mass is 536 g/mol. The standard InChI is InChI=1S/C29H28N8OS/c1-18-32-8-9-37(18)17-19-11-27(33-23-3-5-24(38)6-4-23)35-28(12-19)36-29-34-25-7-2-21(13-26(25)39-29)22-10-20(14-30)15-31-16-22/h2,7-13,15-16,23-24,38H,3-6,17H2,1H3,(H2,33,34,35,36). The molecule has 0 atom stereocenters. The summed E-state index contributed by atoms with van der Waals surface area (Å²) in [5.41, 5.74) is 4.40. The second kappa shape index (κ2) is 10.8. The zero-order chi connectivity index (χ0) is 26.8. The molecule has 0 aliphatic heterocycles. The molecule has 0 spiro atoms. The first-order chi connectivity index (χ1) is 19.0. The van der Waals surface area contributed by atoms with Gasteiger partial charge in [0.25, 0.3) is 0 Å². The molecular formula is C29H28N8OS. The number of nitrogens with one attached hydrogen (secondary N) is 2. The number of thiazole rings is 1. The maximum Gasteiger partial charge on any atom is 0.189 e. The summed E-state index contributed by atoms with van der Waals surface area (Å²) in [6, 6.07) is 14.5. The van der Waals surface area contributed by atoms with Gasteiger partial charge >= 0.3 is 0 Å². The number of imidazole rings is 1. The number of nitrogens with zero attached hydrogens (tertiary/aromatic N) is 6. The second-order valence-corrected chi connectivity index (χ2v) is 10.9. The number of aromatic nitrogens is 5. The number of anilines is 3. The van der Waals surface area contributed by atoms with Crippen molar-refractivity contribution in [2.75, 3.05) is 10.6 Å². The third kappa shape index (κ3) is 5.74. The van der Waals surface area contributed by atoms with Crippen molar-refractivity contribution in [2.24, 2.45) is 0 Å². The van der Waals surface area contributed by atoms with Crippen molar-refractivity contribution in [3.05, 3.63) is 78.1 Å². The topological polar surface area (TPSA) is 125 Å². The normalized spacial score (nSPS) is 17.2. The SMILES string of the molecule is Cc1nccn1Cc1cc(Nc2nc3ccc(-c4cncc(C#N)c4)cc3s2)nc(NC2CCC(O)CC2)c1. The molecular weight excluding hydrogens is 508 g/mol. The molecule has 4 aromatic heterocycles. The molecule has 39 heavy (non-hydrogen) atoms. The molecule has 1 saturated carbocycles. The molecule has 5 aromatic rings. The van der Waals surface area contributed by atoms with E-state index in [9.17, 15) is 10.4 Å². The number of aliphatic hydroxyl groups excluding tert-OH is 1. The van der Waals surface area contributed by atoms with Crippen LogP contribution in [0.5, 0.6) is 0 Å². The lowest BCUT2D eigenvalue weighted by molar-refractivity contribution is 0.126. The zero-order valence-corrected chi connectivity index (χ0v) is 22.3. The number of fused-ring (bicyclic) bond motifs is 1. The molecule has 6 rings (SSSR count). The minimum absolute atomic E-state index is 0.199. The lowest BCUT2D eigenvalue weighted by atomic mass is 9.93. The summed E-state index contributed by atoms with van der Waals surface area (Å²) >= 11 is 1.56. The van der Waals surface area contributed by atoms with Gasteiger partial charge in [-0.25, -0.2) is 15.0 Å². The fraction of sp³-hybridized carbons (Fsp3) is 0.276. The van der Waals surface area contributed by atoms with E-state index in [1.54, 1.807) is 23.7 Å². The molecule has 1 aliphatic carbocycles. The molecule has 0 amide bonds. The summed E-state index contributed by atoms with van der Waals surface area (Å²) in [5, 5.41) is 26.9. The Bertz CT molecular complexity index is 1660. The minimum Gasteiger partial charge on any atom is -0.393 e. The third-order valence-corrected chi connectivity index (χ3v) is 7.97. The average molecular weight is 537 g/mol. The Balaban J connectivity index is 1.28. The first-order valence-corrected chi connectivity index (χ1v) is 13.8. The van der Waals surface area contributed by atoms with Gasteiger partial charge in [-0.3, -0.25) is 4.98 Å². The number of nitriles is 1. The summed E-state index contributed by atoms with van der Waals surface area (Å²) in [5.74, 6) is 2.48. The van der Waals surface area contributed by atoms with Crippen molar-refractivity contribution < 1.29 is 5.11 Å². The Hall–Kier alpha value is -4.33. The van der Waals surface area contributed by atoms with E-state index in [4.69, 9.17) is 9.97 Å². The quantitative estimate of drug-likeness (QED) is 0.244. The summed E-state index contributed by atoms with van der Waals surface area (Å²) in [6.45, 7) is 2.68. The fourth-order valence-electron chi connectivity index (χ4n) is 4.94. The van der Waals surface area contributed by atoms with Crippen LogP contribution < -0.4 is 10.6 Å². The molecule has 196 valence electrons. The Morgan fingerprint density at radius 2 is 1.90 bits per heavy atom. The van der Waals surface area contributed by atoms with Crippen LogP contribution in [0.15, 0.2) is 61.2 Å². The maximum atomic E-state index is 9.90.